The fourth-order valence-electron chi connectivity index (χ4n) is 3.02. The Hall–Kier alpha value is -0.860. The lowest BCUT2D eigenvalue weighted by atomic mass is 9.74. The smallest absolute Gasteiger partial charge is 0.0936 e. The van der Waals surface area contributed by atoms with Crippen LogP contribution in [0.3, 0.4) is 0 Å². The second-order valence-electron chi connectivity index (χ2n) is 6.12. The van der Waals surface area contributed by atoms with Gasteiger partial charge in [0.05, 0.1) is 5.60 Å². The van der Waals surface area contributed by atoms with Crippen molar-refractivity contribution < 1.29 is 5.11 Å². The van der Waals surface area contributed by atoms with E-state index < -0.39 is 5.60 Å². The summed E-state index contributed by atoms with van der Waals surface area (Å²) in [5.74, 6) is 0.347. The van der Waals surface area contributed by atoms with Crippen molar-refractivity contribution in [3.05, 3.63) is 35.9 Å². The maximum absolute atomic E-state index is 11.4. The van der Waals surface area contributed by atoms with E-state index in [4.69, 9.17) is 0 Å². The Balaban J connectivity index is 3.03. The third-order valence-corrected chi connectivity index (χ3v) is 4.16. The molecule has 2 nitrogen and oxygen atoms in total. The van der Waals surface area contributed by atoms with Crippen molar-refractivity contribution in [2.45, 2.75) is 51.6 Å². The minimum Gasteiger partial charge on any atom is -0.385 e. The number of aliphatic hydroxyl groups is 1. The molecule has 2 heteroatoms. The first kappa shape index (κ1) is 17.2. The molecule has 0 spiro atoms. The lowest BCUT2D eigenvalue weighted by molar-refractivity contribution is -0.0437. The Labute approximate surface area is 124 Å². The topological polar surface area (TPSA) is 23.5 Å². The first-order chi connectivity index (χ1) is 9.54. The van der Waals surface area contributed by atoms with Crippen LogP contribution in [-0.4, -0.2) is 30.6 Å². The van der Waals surface area contributed by atoms with Crippen LogP contribution < -0.4 is 0 Å². The zero-order valence-electron chi connectivity index (χ0n) is 13.6. The average molecular weight is 277 g/mol. The van der Waals surface area contributed by atoms with Crippen molar-refractivity contribution in [3.8, 4) is 0 Å². The summed E-state index contributed by atoms with van der Waals surface area (Å²) in [4.78, 5) is 2.16. The van der Waals surface area contributed by atoms with Crippen LogP contribution in [0.5, 0.6) is 0 Å². The minimum absolute atomic E-state index is 0.347. The molecule has 0 aliphatic rings. The lowest BCUT2D eigenvalue weighted by Crippen LogP contribution is -2.38. The first-order valence-electron chi connectivity index (χ1n) is 7.97. The molecule has 1 aromatic carbocycles. The van der Waals surface area contributed by atoms with Gasteiger partial charge in [0.2, 0.25) is 0 Å². The standard InChI is InChI=1S/C18H31NO/c1-5-10-16(11-6-2)18(20,14-15-19(3)4)17-12-8-7-9-13-17/h7-9,12-13,16,20H,5-6,10-11,14-15H2,1-4H3. The van der Waals surface area contributed by atoms with E-state index in [1.807, 2.05) is 18.2 Å². The molecule has 0 heterocycles. The summed E-state index contributed by atoms with van der Waals surface area (Å²) in [5.41, 5.74) is 0.381. The van der Waals surface area contributed by atoms with E-state index in [1.54, 1.807) is 0 Å². The van der Waals surface area contributed by atoms with Gasteiger partial charge in [-0.15, -0.1) is 0 Å². The van der Waals surface area contributed by atoms with Gasteiger partial charge in [-0.2, -0.15) is 0 Å². The van der Waals surface area contributed by atoms with Gasteiger partial charge in [0.15, 0.2) is 0 Å². The van der Waals surface area contributed by atoms with Crippen molar-refractivity contribution in [1.82, 2.24) is 4.90 Å². The summed E-state index contributed by atoms with van der Waals surface area (Å²) in [6.45, 7) is 5.33. The summed E-state index contributed by atoms with van der Waals surface area (Å²) < 4.78 is 0. The molecule has 0 aliphatic carbocycles. The van der Waals surface area contributed by atoms with Crippen LogP contribution in [0.15, 0.2) is 30.3 Å². The molecular formula is C18H31NO. The van der Waals surface area contributed by atoms with E-state index in [0.717, 1.165) is 44.2 Å². The van der Waals surface area contributed by atoms with E-state index in [2.05, 4.69) is 45.0 Å². The Kier molecular flexibility index (Phi) is 7.25. The molecular weight excluding hydrogens is 246 g/mol. The SMILES string of the molecule is CCCC(CCC)C(O)(CCN(C)C)c1ccccc1. The van der Waals surface area contributed by atoms with Crippen molar-refractivity contribution in [1.29, 1.82) is 0 Å². The Morgan fingerprint density at radius 3 is 2.05 bits per heavy atom. The predicted molar refractivity (Wildman–Crippen MR) is 86.8 cm³/mol. The summed E-state index contributed by atoms with van der Waals surface area (Å²) >= 11 is 0. The molecule has 0 saturated heterocycles. The summed E-state index contributed by atoms with van der Waals surface area (Å²) in [6.07, 6.45) is 5.23. The third kappa shape index (κ3) is 4.60. The summed E-state index contributed by atoms with van der Waals surface area (Å²) in [5, 5.41) is 11.4. The van der Waals surface area contributed by atoms with Crippen LogP contribution in [0.4, 0.5) is 0 Å². The van der Waals surface area contributed by atoms with Gasteiger partial charge >= 0.3 is 0 Å². The van der Waals surface area contributed by atoms with Gasteiger partial charge < -0.3 is 10.0 Å². The molecule has 0 amide bonds. The van der Waals surface area contributed by atoms with Crippen molar-refractivity contribution in [2.75, 3.05) is 20.6 Å². The Morgan fingerprint density at radius 2 is 1.60 bits per heavy atom. The van der Waals surface area contributed by atoms with Gasteiger partial charge in [-0.1, -0.05) is 57.0 Å². The molecule has 20 heavy (non-hydrogen) atoms. The largest absolute Gasteiger partial charge is 0.385 e. The molecule has 0 aromatic heterocycles. The Bertz CT molecular complexity index is 357. The molecule has 0 aliphatic heterocycles. The van der Waals surface area contributed by atoms with Crippen LogP contribution in [0.2, 0.25) is 0 Å². The molecule has 0 bridgehead atoms. The highest BCUT2D eigenvalue weighted by atomic mass is 16.3. The fraction of sp³-hybridized carbons (Fsp3) is 0.667. The molecule has 0 fully saturated rings. The molecule has 1 rings (SSSR count). The van der Waals surface area contributed by atoms with E-state index >= 15 is 0 Å². The number of hydrogen-bond donors (Lipinski definition) is 1. The van der Waals surface area contributed by atoms with Crippen LogP contribution in [0.1, 0.15) is 51.5 Å². The van der Waals surface area contributed by atoms with Crippen LogP contribution in [-0.2, 0) is 5.60 Å². The molecule has 114 valence electrons. The number of rotatable bonds is 9. The first-order valence-corrected chi connectivity index (χ1v) is 7.97. The molecule has 0 radical (unpaired) electrons. The van der Waals surface area contributed by atoms with Gasteiger partial charge in [-0.25, -0.2) is 0 Å². The molecule has 1 unspecified atom stereocenters. The van der Waals surface area contributed by atoms with E-state index in [1.165, 1.54) is 0 Å². The number of nitrogens with zero attached hydrogens (tertiary/aromatic N) is 1. The second-order valence-corrected chi connectivity index (χ2v) is 6.12. The second kappa shape index (κ2) is 8.43. The molecule has 1 N–H and O–H groups in total. The monoisotopic (exact) mass is 277 g/mol. The van der Waals surface area contributed by atoms with Crippen LogP contribution in [0, 0.1) is 5.92 Å². The zero-order chi connectivity index (χ0) is 15.0. The Morgan fingerprint density at radius 1 is 1.05 bits per heavy atom. The molecule has 0 saturated carbocycles. The predicted octanol–water partition coefficient (Wildman–Crippen LogP) is 4.04. The zero-order valence-corrected chi connectivity index (χ0v) is 13.6. The number of benzene rings is 1. The van der Waals surface area contributed by atoms with Gasteiger partial charge in [0, 0.05) is 6.54 Å². The maximum Gasteiger partial charge on any atom is 0.0936 e. The van der Waals surface area contributed by atoms with Crippen LogP contribution in [0.25, 0.3) is 0 Å². The van der Waals surface area contributed by atoms with Gasteiger partial charge in [-0.05, 0) is 44.8 Å². The van der Waals surface area contributed by atoms with E-state index in [0.29, 0.717) is 5.92 Å². The number of hydrogen-bond acceptors (Lipinski definition) is 2. The molecule has 1 aromatic rings. The maximum atomic E-state index is 11.4. The summed E-state index contributed by atoms with van der Waals surface area (Å²) in [6, 6.07) is 10.2. The van der Waals surface area contributed by atoms with Crippen molar-refractivity contribution in [3.63, 3.8) is 0 Å². The van der Waals surface area contributed by atoms with Crippen LogP contribution >= 0.6 is 0 Å². The van der Waals surface area contributed by atoms with E-state index in [9.17, 15) is 5.11 Å². The molecule has 1 atom stereocenters. The van der Waals surface area contributed by atoms with E-state index in [-0.39, 0.29) is 0 Å². The highest BCUT2D eigenvalue weighted by Crippen LogP contribution is 2.38. The highest BCUT2D eigenvalue weighted by molar-refractivity contribution is 5.23. The van der Waals surface area contributed by atoms with Gasteiger partial charge in [0.1, 0.15) is 0 Å². The van der Waals surface area contributed by atoms with Crippen molar-refractivity contribution in [2.24, 2.45) is 5.92 Å². The summed E-state index contributed by atoms with van der Waals surface area (Å²) in [7, 11) is 4.14. The normalized spacial score (nSPS) is 14.8. The van der Waals surface area contributed by atoms with Gasteiger partial charge in [0.25, 0.3) is 0 Å². The third-order valence-electron chi connectivity index (χ3n) is 4.16. The highest BCUT2D eigenvalue weighted by Gasteiger charge is 2.36. The minimum atomic E-state index is -0.697. The lowest BCUT2D eigenvalue weighted by Gasteiger charge is -2.38. The van der Waals surface area contributed by atoms with Crippen molar-refractivity contribution >= 4 is 0 Å². The fourth-order valence-corrected chi connectivity index (χ4v) is 3.02. The average Bonchev–Trinajstić information content (AvgIpc) is 2.45. The van der Waals surface area contributed by atoms with Gasteiger partial charge in [-0.3, -0.25) is 0 Å². The quantitative estimate of drug-likeness (QED) is 0.736.